The van der Waals surface area contributed by atoms with Crippen LogP contribution in [0.1, 0.15) is 157 Å². The van der Waals surface area contributed by atoms with Gasteiger partial charge in [-0.3, -0.25) is 77.1 Å². The van der Waals surface area contributed by atoms with Crippen molar-refractivity contribution in [1.82, 2.24) is 83.6 Å². The number of aliphatic imine (C=N–C) groups is 2. The highest BCUT2D eigenvalue weighted by Crippen LogP contribution is 2.30. The minimum atomic E-state index is -1.19. The summed E-state index contributed by atoms with van der Waals surface area (Å²) in [4.78, 5) is 214. The first-order valence-electron chi connectivity index (χ1n) is 45.2. The Morgan fingerprint density at radius 1 is 0.400 bits per heavy atom. The van der Waals surface area contributed by atoms with Crippen LogP contribution in [0.4, 0.5) is 0 Å². The molecular formula is C94H124N22O14. The first-order valence-corrected chi connectivity index (χ1v) is 45.2. The molecule has 0 radical (unpaired) electrons. The van der Waals surface area contributed by atoms with Crippen LogP contribution in [0.5, 0.6) is 0 Å². The molecule has 694 valence electrons. The molecule has 5 fully saturated rings. The van der Waals surface area contributed by atoms with E-state index in [2.05, 4.69) is 83.8 Å². The lowest BCUT2D eigenvalue weighted by molar-refractivity contribution is -0.143. The smallest absolute Gasteiger partial charge is 0.245 e. The highest BCUT2D eigenvalue weighted by atomic mass is 16.2. The molecule has 1 saturated carbocycles. The van der Waals surface area contributed by atoms with Crippen LogP contribution in [0, 0.1) is 5.92 Å². The van der Waals surface area contributed by atoms with Crippen LogP contribution in [-0.2, 0) is 99.2 Å². The van der Waals surface area contributed by atoms with Crippen molar-refractivity contribution >= 4 is 116 Å². The molecular weight excluding hydrogens is 1660 g/mol. The first-order chi connectivity index (χ1) is 62.7. The minimum absolute atomic E-state index is 0.0437. The molecule has 36 nitrogen and oxygen atoms in total. The van der Waals surface area contributed by atoms with Crippen LogP contribution in [0.2, 0.25) is 0 Å². The molecule has 4 aliphatic heterocycles. The van der Waals surface area contributed by atoms with E-state index in [1.165, 1.54) is 23.6 Å². The Morgan fingerprint density at radius 3 is 1.18 bits per heavy atom. The Balaban J connectivity index is 0.000000251. The zero-order valence-corrected chi connectivity index (χ0v) is 73.8. The lowest BCUT2D eigenvalue weighted by atomic mass is 9.84. The number of aromatic amines is 2. The number of hydrogen-bond donors (Lipinski definition) is 18. The van der Waals surface area contributed by atoms with Gasteiger partial charge in [-0.1, -0.05) is 159 Å². The van der Waals surface area contributed by atoms with Crippen molar-refractivity contribution in [3.63, 3.8) is 0 Å². The Bertz CT molecular complexity index is 5130. The van der Waals surface area contributed by atoms with E-state index in [-0.39, 0.29) is 128 Å². The normalized spacial score (nSPS) is 22.5. The molecule has 5 aromatic carbocycles. The van der Waals surface area contributed by atoms with Gasteiger partial charge >= 0.3 is 0 Å². The molecule has 2 unspecified atom stereocenters. The first kappa shape index (κ1) is 96.9. The predicted molar refractivity (Wildman–Crippen MR) is 490 cm³/mol. The molecule has 14 amide bonds. The monoisotopic (exact) mass is 1780 g/mol. The van der Waals surface area contributed by atoms with Crippen LogP contribution in [0.3, 0.4) is 0 Å². The molecule has 2 aromatic heterocycles. The number of aromatic nitrogens is 2. The number of hydrogen-bond acceptors (Lipinski definition) is 16. The summed E-state index contributed by atoms with van der Waals surface area (Å²) in [6.07, 6.45) is 12.4. The maximum atomic E-state index is 14.6. The molecule has 0 bridgehead atoms. The fraction of sp³-hybridized carbons (Fsp3) is 0.468. The van der Waals surface area contributed by atoms with Gasteiger partial charge in [0.2, 0.25) is 82.7 Å². The van der Waals surface area contributed by atoms with Crippen LogP contribution in [0.15, 0.2) is 162 Å². The maximum Gasteiger partial charge on any atom is 0.245 e. The van der Waals surface area contributed by atoms with E-state index in [4.69, 9.17) is 22.9 Å². The SMILES string of the molecule is CC(=O)N[C@@H](Cc1ccccc1)C(=O)NC1CCCNC(=O)[C@H](CCCN=C(N)N)NC(=O)[C@H](Cc2c[nH]c3ccccc23)NC(=O)[C@@H](CC2CCCCC2)NC(=O)[C@@H]2CCCN2C1=O.CC(=O)N[C@@H](Cc1ccccc1)C(=O)NC1CCCNC(=O)[C@H](CCCN=C(N)N)NC(=O)[C@H](Cc2c[nH]c3ccccc23)NC(=O)[C@@H](Cc2ccccc2)NC(=O)[C@@H]2CCCN2C1=O. The van der Waals surface area contributed by atoms with Gasteiger partial charge in [0.15, 0.2) is 11.9 Å². The van der Waals surface area contributed by atoms with Gasteiger partial charge in [-0.05, 0) is 129 Å². The molecule has 12 rings (SSSR count). The van der Waals surface area contributed by atoms with Gasteiger partial charge in [0.1, 0.15) is 72.5 Å². The Labute approximate surface area is 755 Å². The number of amides is 14. The van der Waals surface area contributed by atoms with E-state index < -0.39 is 155 Å². The van der Waals surface area contributed by atoms with E-state index >= 15 is 0 Å². The van der Waals surface area contributed by atoms with E-state index in [0.29, 0.717) is 44.9 Å². The number of nitrogens with two attached hydrogens (primary N) is 4. The number of rotatable bonds is 26. The molecule has 12 atom stereocenters. The van der Waals surface area contributed by atoms with Gasteiger partial charge in [0, 0.05) is 119 Å². The van der Waals surface area contributed by atoms with Crippen molar-refractivity contribution in [2.24, 2.45) is 38.8 Å². The highest BCUT2D eigenvalue weighted by molar-refractivity contribution is 6.01. The lowest BCUT2D eigenvalue weighted by Gasteiger charge is -2.32. The summed E-state index contributed by atoms with van der Waals surface area (Å²) < 4.78 is 0. The van der Waals surface area contributed by atoms with Crippen molar-refractivity contribution in [3.8, 4) is 0 Å². The number of nitrogens with one attached hydrogen (secondary N) is 14. The third-order valence-corrected chi connectivity index (χ3v) is 24.3. The van der Waals surface area contributed by atoms with Crippen LogP contribution >= 0.6 is 0 Å². The minimum Gasteiger partial charge on any atom is -0.370 e. The van der Waals surface area contributed by atoms with E-state index in [1.54, 1.807) is 12.4 Å². The number of carbonyl (C=O) groups excluding carboxylic acids is 14. The third-order valence-electron chi connectivity index (χ3n) is 24.3. The molecule has 7 aromatic rings. The fourth-order valence-electron chi connectivity index (χ4n) is 17.6. The number of fused-ring (bicyclic) bond motifs is 4. The van der Waals surface area contributed by atoms with E-state index in [9.17, 15) is 67.1 Å². The summed E-state index contributed by atoms with van der Waals surface area (Å²) in [5, 5.41) is 36.1. The second-order valence-corrected chi connectivity index (χ2v) is 34.1. The molecule has 130 heavy (non-hydrogen) atoms. The number of para-hydroxylation sites is 2. The number of benzene rings is 5. The summed E-state index contributed by atoms with van der Waals surface area (Å²) >= 11 is 0. The van der Waals surface area contributed by atoms with Crippen LogP contribution in [-0.4, -0.2) is 226 Å². The summed E-state index contributed by atoms with van der Waals surface area (Å²) in [5.41, 5.74) is 27.7. The van der Waals surface area contributed by atoms with Crippen molar-refractivity contribution in [1.29, 1.82) is 0 Å². The second-order valence-electron chi connectivity index (χ2n) is 34.1. The Hall–Kier alpha value is -13.7. The van der Waals surface area contributed by atoms with Gasteiger partial charge in [-0.15, -0.1) is 0 Å². The summed E-state index contributed by atoms with van der Waals surface area (Å²) in [6.45, 7) is 3.57. The third kappa shape index (κ3) is 28.7. The number of carbonyl (C=O) groups is 14. The van der Waals surface area contributed by atoms with Gasteiger partial charge in [-0.2, -0.15) is 0 Å². The average molecular weight is 1790 g/mol. The zero-order valence-electron chi connectivity index (χ0n) is 73.8. The van der Waals surface area contributed by atoms with Crippen molar-refractivity contribution in [2.75, 3.05) is 39.3 Å². The lowest BCUT2D eigenvalue weighted by Crippen LogP contribution is -2.60. The highest BCUT2D eigenvalue weighted by Gasteiger charge is 2.44. The number of H-pyrrole nitrogens is 2. The van der Waals surface area contributed by atoms with Gasteiger partial charge < -0.3 is 107 Å². The molecule has 0 spiro atoms. The second kappa shape index (κ2) is 48.5. The van der Waals surface area contributed by atoms with E-state index in [1.807, 2.05) is 140 Å². The Morgan fingerprint density at radius 2 is 0.769 bits per heavy atom. The molecule has 6 heterocycles. The van der Waals surface area contributed by atoms with Gasteiger partial charge in [-0.25, -0.2) is 0 Å². The Kier molecular flexibility index (Phi) is 36.1. The summed E-state index contributed by atoms with van der Waals surface area (Å²) in [5.74, 6) is -7.63. The quantitative estimate of drug-likeness (QED) is 0.0209. The molecule has 36 heteroatoms. The number of guanidine groups is 2. The predicted octanol–water partition coefficient (Wildman–Crippen LogP) is 1.92. The van der Waals surface area contributed by atoms with E-state index in [0.717, 1.165) is 81.7 Å². The fourth-order valence-corrected chi connectivity index (χ4v) is 17.6. The van der Waals surface area contributed by atoms with Crippen molar-refractivity contribution < 1.29 is 67.1 Å². The maximum absolute atomic E-state index is 14.6. The molecule has 4 saturated heterocycles. The van der Waals surface area contributed by atoms with Gasteiger partial charge in [0.25, 0.3) is 0 Å². The molecule has 22 N–H and O–H groups in total. The van der Waals surface area contributed by atoms with Crippen LogP contribution < -0.4 is 86.7 Å². The summed E-state index contributed by atoms with van der Waals surface area (Å²) in [7, 11) is 0. The van der Waals surface area contributed by atoms with Gasteiger partial charge in [0.05, 0.1) is 0 Å². The average Bonchev–Trinajstić information content (AvgIpc) is 1.75. The number of nitrogens with zero attached hydrogens (tertiary/aromatic N) is 4. The van der Waals surface area contributed by atoms with Crippen molar-refractivity contribution in [2.45, 2.75) is 234 Å². The molecule has 1 aliphatic carbocycles. The van der Waals surface area contributed by atoms with Crippen LogP contribution in [0.25, 0.3) is 21.8 Å². The zero-order chi connectivity index (χ0) is 92.6. The molecule has 5 aliphatic rings. The largest absolute Gasteiger partial charge is 0.370 e. The standard InChI is InChI=1S/C47H65N11O7.C47H59N11O7/c2*1-29(59)53-37(25-30-13-4-2-5-14-30)42(61)55-36-20-11-22-50-41(60)35(19-10-23-51-47(48)49)54-44(63)39(27-32-28-52-34-18-9-8-17-33(32)34)56-43(62)38(26-31-15-6-3-7-16-31)57-45(64)40-21-12-24-58(40)46(36)65/h2,4-5,8-9,13-14,17-18,28,31,35-40,52H,3,6-7,10-12,15-16,19-27H2,1H3,(H,50,60)(H,53,59)(H,54,63)(H,55,61)(H,56,62)(H,57,64)(H4,48,49,51);2-9,13-18,28,35-40,52H,10-12,19-27H2,1H3,(H,50,60)(H,53,59)(H,54,63)(H,55,61)(H,56,62)(H,57,64)(H4,48,49,51)/t2*35-,36?,37-,38+,39-,40-/m00/s1. The van der Waals surface area contributed by atoms with Crippen molar-refractivity contribution in [3.05, 3.63) is 180 Å². The topological polar surface area (TPSA) is 550 Å². The summed E-state index contributed by atoms with van der Waals surface area (Å²) in [6, 6.07) is 29.6.